The standard InChI is InChI=1S/C21H24Cl2N2O6S/c1-11-7-12(2)19(13(3)8-11)24-18(27)10-31-21(28)20(14(4)26)25-32(29,30)15-5-6-16(22)17(23)9-15/h5-9,14,20,25-26H,10H2,1-4H3,(H,24,27)/t14-,20+/m1/s1. The smallest absolute Gasteiger partial charge is 0.327 e. The molecule has 0 spiro atoms. The molecular weight excluding hydrogens is 479 g/mol. The first kappa shape index (κ1) is 26.1. The van der Waals surface area contributed by atoms with Crippen molar-refractivity contribution in [2.45, 2.75) is 44.7 Å². The second-order valence-electron chi connectivity index (χ2n) is 7.35. The Hall–Kier alpha value is -2.17. The Morgan fingerprint density at radius 2 is 1.66 bits per heavy atom. The quantitative estimate of drug-likeness (QED) is 0.476. The number of hydrogen-bond donors (Lipinski definition) is 3. The number of anilines is 1. The summed E-state index contributed by atoms with van der Waals surface area (Å²) in [6.07, 6.45) is -1.44. The minimum atomic E-state index is -4.25. The van der Waals surface area contributed by atoms with E-state index in [4.69, 9.17) is 27.9 Å². The molecule has 11 heteroatoms. The van der Waals surface area contributed by atoms with Crippen molar-refractivity contribution in [1.82, 2.24) is 4.72 Å². The summed E-state index contributed by atoms with van der Waals surface area (Å²) in [5, 5.41) is 12.7. The Morgan fingerprint density at radius 3 is 2.19 bits per heavy atom. The van der Waals surface area contributed by atoms with Crippen molar-refractivity contribution in [3.63, 3.8) is 0 Å². The molecule has 0 bridgehead atoms. The predicted octanol–water partition coefficient (Wildman–Crippen LogP) is 3.13. The zero-order valence-corrected chi connectivity index (χ0v) is 20.2. The summed E-state index contributed by atoms with van der Waals surface area (Å²) in [7, 11) is -4.25. The molecule has 174 valence electrons. The van der Waals surface area contributed by atoms with Gasteiger partial charge in [-0.1, -0.05) is 40.9 Å². The fourth-order valence-electron chi connectivity index (χ4n) is 3.00. The molecule has 2 aromatic carbocycles. The number of aliphatic hydroxyl groups excluding tert-OH is 1. The number of amides is 1. The Kier molecular flexibility index (Phi) is 8.67. The first-order valence-corrected chi connectivity index (χ1v) is 11.8. The van der Waals surface area contributed by atoms with Gasteiger partial charge in [0.25, 0.3) is 5.91 Å². The lowest BCUT2D eigenvalue weighted by Gasteiger charge is -2.20. The minimum Gasteiger partial charge on any atom is -0.454 e. The van der Waals surface area contributed by atoms with Crippen LogP contribution in [-0.2, 0) is 24.3 Å². The number of halogens is 2. The lowest BCUT2D eigenvalue weighted by molar-refractivity contribution is -0.151. The van der Waals surface area contributed by atoms with Crippen molar-refractivity contribution < 1.29 is 27.9 Å². The molecule has 0 aromatic heterocycles. The molecule has 2 atom stereocenters. The molecule has 0 unspecified atom stereocenters. The van der Waals surface area contributed by atoms with Crippen LogP contribution in [0, 0.1) is 20.8 Å². The molecule has 0 radical (unpaired) electrons. The van der Waals surface area contributed by atoms with E-state index in [0.29, 0.717) is 5.69 Å². The average Bonchev–Trinajstić information content (AvgIpc) is 2.68. The normalized spacial score (nSPS) is 13.3. The second kappa shape index (κ2) is 10.6. The molecule has 3 N–H and O–H groups in total. The van der Waals surface area contributed by atoms with Crippen LogP contribution in [0.2, 0.25) is 10.0 Å². The number of benzene rings is 2. The van der Waals surface area contributed by atoms with Gasteiger partial charge in [-0.05, 0) is 57.0 Å². The number of aliphatic hydroxyl groups is 1. The van der Waals surface area contributed by atoms with Crippen molar-refractivity contribution in [3.05, 3.63) is 57.1 Å². The maximum atomic E-state index is 12.6. The van der Waals surface area contributed by atoms with E-state index in [0.717, 1.165) is 22.8 Å². The molecule has 0 heterocycles. The van der Waals surface area contributed by atoms with E-state index in [9.17, 15) is 23.1 Å². The van der Waals surface area contributed by atoms with E-state index in [1.165, 1.54) is 19.1 Å². The Balaban J connectivity index is 2.07. The molecule has 8 nitrogen and oxygen atoms in total. The van der Waals surface area contributed by atoms with Crippen LogP contribution in [-0.4, -0.2) is 44.2 Å². The summed E-state index contributed by atoms with van der Waals surface area (Å²) in [5.74, 6) is -1.72. The SMILES string of the molecule is Cc1cc(C)c(NC(=O)COC(=O)[C@@H](NS(=O)(=O)c2ccc(Cl)c(Cl)c2)[C@@H](C)O)c(C)c1. The summed E-state index contributed by atoms with van der Waals surface area (Å²) in [5.41, 5.74) is 3.33. The highest BCUT2D eigenvalue weighted by molar-refractivity contribution is 7.89. The fraction of sp³-hybridized carbons (Fsp3) is 0.333. The number of ether oxygens (including phenoxy) is 1. The van der Waals surface area contributed by atoms with E-state index < -0.39 is 40.7 Å². The lowest BCUT2D eigenvalue weighted by Crippen LogP contribution is -2.48. The number of sulfonamides is 1. The Morgan fingerprint density at radius 1 is 1.06 bits per heavy atom. The first-order chi connectivity index (χ1) is 14.8. The van der Waals surface area contributed by atoms with Gasteiger partial charge in [0.1, 0.15) is 6.04 Å². The molecule has 1 amide bonds. The van der Waals surface area contributed by atoms with Gasteiger partial charge in [-0.3, -0.25) is 9.59 Å². The summed E-state index contributed by atoms with van der Waals surface area (Å²) in [6, 6.07) is 5.74. The summed E-state index contributed by atoms with van der Waals surface area (Å²) in [4.78, 5) is 24.4. The first-order valence-electron chi connectivity index (χ1n) is 9.51. The van der Waals surface area contributed by atoms with Gasteiger partial charge in [0.05, 0.1) is 21.0 Å². The molecule has 0 fully saturated rings. The predicted molar refractivity (Wildman–Crippen MR) is 122 cm³/mol. The maximum Gasteiger partial charge on any atom is 0.327 e. The van der Waals surface area contributed by atoms with Crippen molar-refractivity contribution in [1.29, 1.82) is 0 Å². The molecule has 2 aromatic rings. The molecular formula is C21H24Cl2N2O6S. The number of carbonyl (C=O) groups is 2. The number of esters is 1. The van der Waals surface area contributed by atoms with Gasteiger partial charge in [-0.25, -0.2) is 8.42 Å². The molecule has 0 saturated heterocycles. The average molecular weight is 503 g/mol. The van der Waals surface area contributed by atoms with Gasteiger partial charge in [-0.15, -0.1) is 0 Å². The van der Waals surface area contributed by atoms with E-state index in [2.05, 4.69) is 10.0 Å². The maximum absolute atomic E-state index is 12.6. The van der Waals surface area contributed by atoms with E-state index >= 15 is 0 Å². The summed E-state index contributed by atoms with van der Waals surface area (Å²) >= 11 is 11.6. The molecule has 0 aliphatic heterocycles. The molecule has 32 heavy (non-hydrogen) atoms. The highest BCUT2D eigenvalue weighted by Crippen LogP contribution is 2.25. The van der Waals surface area contributed by atoms with Gasteiger partial charge < -0.3 is 15.2 Å². The zero-order valence-electron chi connectivity index (χ0n) is 17.9. The van der Waals surface area contributed by atoms with Crippen LogP contribution in [0.15, 0.2) is 35.2 Å². The van der Waals surface area contributed by atoms with Crippen LogP contribution in [0.4, 0.5) is 5.69 Å². The summed E-state index contributed by atoms with van der Waals surface area (Å²) < 4.78 is 32.2. The highest BCUT2D eigenvalue weighted by Gasteiger charge is 2.31. The largest absolute Gasteiger partial charge is 0.454 e. The van der Waals surface area contributed by atoms with E-state index in [1.807, 2.05) is 32.9 Å². The van der Waals surface area contributed by atoms with E-state index in [1.54, 1.807) is 0 Å². The van der Waals surface area contributed by atoms with Crippen LogP contribution in [0.25, 0.3) is 0 Å². The number of nitrogens with one attached hydrogen (secondary N) is 2. The lowest BCUT2D eigenvalue weighted by atomic mass is 10.1. The number of rotatable bonds is 8. The van der Waals surface area contributed by atoms with Crippen molar-refractivity contribution in [2.75, 3.05) is 11.9 Å². The van der Waals surface area contributed by atoms with Crippen molar-refractivity contribution in [2.24, 2.45) is 0 Å². The van der Waals surface area contributed by atoms with Gasteiger partial charge in [0.15, 0.2) is 6.61 Å². The number of aryl methyl sites for hydroxylation is 3. The van der Waals surface area contributed by atoms with Crippen molar-refractivity contribution in [3.8, 4) is 0 Å². The third-order valence-corrected chi connectivity index (χ3v) is 6.68. The molecule has 0 aliphatic carbocycles. The second-order valence-corrected chi connectivity index (χ2v) is 9.87. The van der Waals surface area contributed by atoms with Crippen LogP contribution in [0.3, 0.4) is 0 Å². The number of carbonyl (C=O) groups excluding carboxylic acids is 2. The minimum absolute atomic E-state index is 0.00378. The highest BCUT2D eigenvalue weighted by atomic mass is 35.5. The van der Waals surface area contributed by atoms with Crippen molar-refractivity contribution >= 4 is 50.8 Å². The van der Waals surface area contributed by atoms with Gasteiger partial charge in [0.2, 0.25) is 10.0 Å². The number of hydrogen-bond acceptors (Lipinski definition) is 6. The Bertz CT molecular complexity index is 1110. The van der Waals surface area contributed by atoms with Crippen LogP contribution in [0.1, 0.15) is 23.6 Å². The monoisotopic (exact) mass is 502 g/mol. The fourth-order valence-corrected chi connectivity index (χ4v) is 4.65. The summed E-state index contributed by atoms with van der Waals surface area (Å²) in [6.45, 7) is 6.15. The zero-order chi connectivity index (χ0) is 24.2. The van der Waals surface area contributed by atoms with E-state index in [-0.39, 0.29) is 14.9 Å². The molecule has 0 saturated carbocycles. The Labute approximate surface area is 196 Å². The van der Waals surface area contributed by atoms with Crippen LogP contribution < -0.4 is 10.0 Å². The van der Waals surface area contributed by atoms with Gasteiger partial charge in [0, 0.05) is 5.69 Å². The topological polar surface area (TPSA) is 122 Å². The van der Waals surface area contributed by atoms with Gasteiger partial charge in [-0.2, -0.15) is 4.72 Å². The molecule has 0 aliphatic rings. The third-order valence-electron chi connectivity index (χ3n) is 4.51. The molecule has 2 rings (SSSR count). The van der Waals surface area contributed by atoms with Crippen LogP contribution >= 0.6 is 23.2 Å². The van der Waals surface area contributed by atoms with Crippen LogP contribution in [0.5, 0.6) is 0 Å². The third kappa shape index (κ3) is 6.66. The van der Waals surface area contributed by atoms with Gasteiger partial charge >= 0.3 is 5.97 Å².